The van der Waals surface area contributed by atoms with Gasteiger partial charge in [-0.3, -0.25) is 4.79 Å². The molecule has 1 aromatic heterocycles. The van der Waals surface area contributed by atoms with Gasteiger partial charge in [-0.05, 0) is 26.3 Å². The van der Waals surface area contributed by atoms with Gasteiger partial charge in [-0.2, -0.15) is 0 Å². The standard InChI is InChI=1S/C14H18N2O3/c1-4-19-14(18)11-8-10-7-5-6-9(2)16(3)12(10)15-13(11)17/h5,7-9H,4,6H2,1-3H3,(H,15,17). The predicted molar refractivity (Wildman–Crippen MR) is 74.5 cm³/mol. The Morgan fingerprint density at radius 1 is 1.58 bits per heavy atom. The molecule has 5 nitrogen and oxygen atoms in total. The highest BCUT2D eigenvalue weighted by molar-refractivity contribution is 5.90. The molecule has 0 fully saturated rings. The Morgan fingerprint density at radius 3 is 3.00 bits per heavy atom. The molecule has 0 saturated carbocycles. The Hall–Kier alpha value is -2.04. The lowest BCUT2D eigenvalue weighted by atomic mass is 10.1. The SMILES string of the molecule is CCOC(=O)c1cc2c([nH]c1=O)N(C)C(C)CC=C2. The molecule has 0 spiro atoms. The molecule has 1 unspecified atom stereocenters. The van der Waals surface area contributed by atoms with Crippen molar-refractivity contribution in [2.75, 3.05) is 18.6 Å². The first-order valence-electron chi connectivity index (χ1n) is 6.38. The molecular weight excluding hydrogens is 244 g/mol. The van der Waals surface area contributed by atoms with Crippen molar-refractivity contribution in [3.63, 3.8) is 0 Å². The van der Waals surface area contributed by atoms with Gasteiger partial charge >= 0.3 is 5.97 Å². The lowest BCUT2D eigenvalue weighted by molar-refractivity contribution is 0.0524. The second-order valence-electron chi connectivity index (χ2n) is 4.63. The van der Waals surface area contributed by atoms with E-state index in [4.69, 9.17) is 4.74 Å². The Balaban J connectivity index is 2.51. The van der Waals surface area contributed by atoms with E-state index in [1.54, 1.807) is 13.0 Å². The van der Waals surface area contributed by atoms with Crippen LogP contribution in [0.15, 0.2) is 16.9 Å². The molecule has 0 bridgehead atoms. The van der Waals surface area contributed by atoms with Gasteiger partial charge in [-0.15, -0.1) is 0 Å². The number of fused-ring (bicyclic) bond motifs is 1. The number of aromatic amines is 1. The molecule has 2 rings (SSSR count). The molecule has 1 aliphatic rings. The zero-order valence-corrected chi connectivity index (χ0v) is 11.4. The van der Waals surface area contributed by atoms with Gasteiger partial charge in [0.1, 0.15) is 11.4 Å². The lowest BCUT2D eigenvalue weighted by Gasteiger charge is -2.25. The van der Waals surface area contributed by atoms with Crippen LogP contribution in [0.1, 0.15) is 36.2 Å². The molecule has 19 heavy (non-hydrogen) atoms. The quantitative estimate of drug-likeness (QED) is 0.825. The van der Waals surface area contributed by atoms with Crippen molar-refractivity contribution in [3.8, 4) is 0 Å². The van der Waals surface area contributed by atoms with E-state index >= 15 is 0 Å². The summed E-state index contributed by atoms with van der Waals surface area (Å²) in [5.41, 5.74) is 0.467. The van der Waals surface area contributed by atoms with Gasteiger partial charge in [0.25, 0.3) is 5.56 Å². The maximum Gasteiger partial charge on any atom is 0.343 e. The van der Waals surface area contributed by atoms with Crippen LogP contribution >= 0.6 is 0 Å². The van der Waals surface area contributed by atoms with Crippen LogP contribution < -0.4 is 10.5 Å². The fraction of sp³-hybridized carbons (Fsp3) is 0.429. The number of rotatable bonds is 2. The fourth-order valence-corrected chi connectivity index (χ4v) is 2.09. The highest BCUT2D eigenvalue weighted by Crippen LogP contribution is 2.24. The second kappa shape index (κ2) is 5.30. The largest absolute Gasteiger partial charge is 0.462 e. The molecule has 0 amide bonds. The summed E-state index contributed by atoms with van der Waals surface area (Å²) in [5.74, 6) is 0.152. The van der Waals surface area contributed by atoms with E-state index in [0.29, 0.717) is 6.04 Å². The Bertz CT molecular complexity index is 575. The maximum atomic E-state index is 12.0. The smallest absolute Gasteiger partial charge is 0.343 e. The first kappa shape index (κ1) is 13.4. The van der Waals surface area contributed by atoms with Gasteiger partial charge in [-0.25, -0.2) is 4.79 Å². The summed E-state index contributed by atoms with van der Waals surface area (Å²) in [6.07, 6.45) is 4.86. The second-order valence-corrected chi connectivity index (χ2v) is 4.63. The van der Waals surface area contributed by atoms with Crippen molar-refractivity contribution < 1.29 is 9.53 Å². The third-order valence-corrected chi connectivity index (χ3v) is 3.33. The van der Waals surface area contributed by atoms with Gasteiger partial charge < -0.3 is 14.6 Å². The van der Waals surface area contributed by atoms with Crippen molar-refractivity contribution in [2.45, 2.75) is 26.3 Å². The van der Waals surface area contributed by atoms with Gasteiger partial charge in [0.05, 0.1) is 6.61 Å². The normalized spacial score (nSPS) is 17.8. The molecule has 0 aliphatic carbocycles. The van der Waals surface area contributed by atoms with E-state index in [0.717, 1.165) is 17.8 Å². The average Bonchev–Trinajstić information content (AvgIpc) is 2.50. The van der Waals surface area contributed by atoms with Crippen LogP contribution in [0.4, 0.5) is 5.82 Å². The number of esters is 1. The fourth-order valence-electron chi connectivity index (χ4n) is 2.09. The van der Waals surface area contributed by atoms with E-state index < -0.39 is 11.5 Å². The van der Waals surface area contributed by atoms with Gasteiger partial charge in [0.15, 0.2) is 0 Å². The number of anilines is 1. The molecule has 1 aromatic rings. The number of carbonyl (C=O) groups excluding carboxylic acids is 1. The minimum Gasteiger partial charge on any atom is -0.462 e. The van der Waals surface area contributed by atoms with Gasteiger partial charge in [0, 0.05) is 18.7 Å². The molecule has 2 heterocycles. The summed E-state index contributed by atoms with van der Waals surface area (Å²) < 4.78 is 4.88. The van der Waals surface area contributed by atoms with Crippen molar-refractivity contribution in [1.82, 2.24) is 4.98 Å². The van der Waals surface area contributed by atoms with E-state index in [1.165, 1.54) is 0 Å². The number of carbonyl (C=O) groups is 1. The highest BCUT2D eigenvalue weighted by Gasteiger charge is 2.20. The van der Waals surface area contributed by atoms with Crippen LogP contribution in [-0.4, -0.2) is 30.6 Å². The van der Waals surface area contributed by atoms with Crippen LogP contribution in [0.5, 0.6) is 0 Å². The first-order chi connectivity index (χ1) is 9.04. The monoisotopic (exact) mass is 262 g/mol. The van der Waals surface area contributed by atoms with Crippen molar-refractivity contribution in [3.05, 3.63) is 33.6 Å². The highest BCUT2D eigenvalue weighted by atomic mass is 16.5. The summed E-state index contributed by atoms with van der Waals surface area (Å²) in [6, 6.07) is 1.89. The van der Waals surface area contributed by atoms with Gasteiger partial charge in [-0.1, -0.05) is 12.2 Å². The predicted octanol–water partition coefficient (Wildman–Crippen LogP) is 1.79. The van der Waals surface area contributed by atoms with Crippen LogP contribution in [0.3, 0.4) is 0 Å². The number of ether oxygens (including phenoxy) is 1. The third-order valence-electron chi connectivity index (χ3n) is 3.33. The number of nitrogens with zero attached hydrogens (tertiary/aromatic N) is 1. The number of nitrogens with one attached hydrogen (secondary N) is 1. The summed E-state index contributed by atoms with van der Waals surface area (Å²) in [7, 11) is 1.93. The number of H-pyrrole nitrogens is 1. The molecule has 0 radical (unpaired) electrons. The van der Waals surface area contributed by atoms with Crippen molar-refractivity contribution in [2.24, 2.45) is 0 Å². The molecule has 102 valence electrons. The minimum atomic E-state index is -0.583. The summed E-state index contributed by atoms with van der Waals surface area (Å²) in [5, 5.41) is 0. The Morgan fingerprint density at radius 2 is 2.32 bits per heavy atom. The molecule has 5 heteroatoms. The molecule has 1 atom stereocenters. The molecule has 0 aromatic carbocycles. The van der Waals surface area contributed by atoms with Crippen molar-refractivity contribution in [1.29, 1.82) is 0 Å². The maximum absolute atomic E-state index is 12.0. The number of hydrogen-bond acceptors (Lipinski definition) is 4. The summed E-state index contributed by atoms with van der Waals surface area (Å²) in [6.45, 7) is 4.05. The zero-order valence-electron chi connectivity index (χ0n) is 11.4. The number of aromatic nitrogens is 1. The Kier molecular flexibility index (Phi) is 3.74. The lowest BCUT2D eigenvalue weighted by Crippen LogP contribution is -2.31. The van der Waals surface area contributed by atoms with Crippen LogP contribution in [0.2, 0.25) is 0 Å². The van der Waals surface area contributed by atoms with E-state index in [1.807, 2.05) is 24.1 Å². The topological polar surface area (TPSA) is 62.4 Å². The average molecular weight is 262 g/mol. The number of hydrogen-bond donors (Lipinski definition) is 1. The summed E-state index contributed by atoms with van der Waals surface area (Å²) >= 11 is 0. The van der Waals surface area contributed by atoms with Crippen LogP contribution in [-0.2, 0) is 4.74 Å². The molecular formula is C14H18N2O3. The van der Waals surface area contributed by atoms with Crippen molar-refractivity contribution >= 4 is 17.9 Å². The Labute approximate surface area is 111 Å². The van der Waals surface area contributed by atoms with E-state index in [-0.39, 0.29) is 12.2 Å². The first-order valence-corrected chi connectivity index (χ1v) is 6.38. The van der Waals surface area contributed by atoms with Crippen LogP contribution in [0, 0.1) is 0 Å². The number of pyridine rings is 1. The van der Waals surface area contributed by atoms with Crippen LogP contribution in [0.25, 0.3) is 6.08 Å². The van der Waals surface area contributed by atoms with E-state index in [9.17, 15) is 9.59 Å². The summed E-state index contributed by atoms with van der Waals surface area (Å²) in [4.78, 5) is 28.4. The minimum absolute atomic E-state index is 0.0493. The molecule has 1 N–H and O–H groups in total. The zero-order chi connectivity index (χ0) is 14.0. The third kappa shape index (κ3) is 2.54. The molecule has 0 saturated heterocycles. The van der Waals surface area contributed by atoms with E-state index in [2.05, 4.69) is 11.9 Å². The molecule has 1 aliphatic heterocycles. The van der Waals surface area contributed by atoms with Gasteiger partial charge in [0.2, 0.25) is 0 Å².